The molecule has 1 amide bonds. The number of H-pyrrole nitrogens is 1. The van der Waals surface area contributed by atoms with E-state index in [2.05, 4.69) is 20.4 Å². The molecule has 10 heteroatoms. The van der Waals surface area contributed by atoms with Gasteiger partial charge in [-0.25, -0.2) is 8.42 Å². The predicted octanol–water partition coefficient (Wildman–Crippen LogP) is -0.183. The zero-order chi connectivity index (χ0) is 16.4. The van der Waals surface area contributed by atoms with Crippen LogP contribution < -0.4 is 0 Å². The highest BCUT2D eigenvalue weighted by molar-refractivity contribution is 7.90. The first kappa shape index (κ1) is 15.6. The van der Waals surface area contributed by atoms with Crippen LogP contribution in [-0.2, 0) is 14.6 Å². The van der Waals surface area contributed by atoms with E-state index >= 15 is 0 Å². The molecule has 3 heterocycles. The largest absolute Gasteiger partial charge is 0.377 e. The molecule has 3 rings (SSSR count). The second-order valence-electron chi connectivity index (χ2n) is 5.12. The van der Waals surface area contributed by atoms with Gasteiger partial charge < -0.3 is 9.64 Å². The van der Waals surface area contributed by atoms with Gasteiger partial charge in [-0.3, -0.25) is 9.89 Å². The number of amides is 1. The minimum absolute atomic E-state index is 0.0601. The Morgan fingerprint density at radius 1 is 1.48 bits per heavy atom. The molecule has 0 saturated carbocycles. The lowest BCUT2D eigenvalue weighted by atomic mass is 10.1. The molecular weight excluding hydrogens is 322 g/mol. The Kier molecular flexibility index (Phi) is 4.09. The fourth-order valence-electron chi connectivity index (χ4n) is 2.47. The molecule has 1 N–H and O–H groups in total. The van der Waals surface area contributed by atoms with Gasteiger partial charge in [-0.1, -0.05) is 0 Å². The zero-order valence-corrected chi connectivity index (χ0v) is 13.2. The van der Waals surface area contributed by atoms with Gasteiger partial charge in [-0.2, -0.15) is 10.2 Å². The average Bonchev–Trinajstić information content (AvgIpc) is 3.05. The van der Waals surface area contributed by atoms with Gasteiger partial charge >= 0.3 is 0 Å². The van der Waals surface area contributed by atoms with E-state index in [0.29, 0.717) is 18.8 Å². The fourth-order valence-corrected chi connectivity index (χ4v) is 3.29. The van der Waals surface area contributed by atoms with Crippen LogP contribution in [-0.4, -0.2) is 65.6 Å². The maximum atomic E-state index is 12.7. The number of nitrogens with zero attached hydrogens (tertiary/aromatic N) is 4. The molecule has 0 aromatic carbocycles. The lowest BCUT2D eigenvalue weighted by molar-refractivity contribution is -0.00504. The summed E-state index contributed by atoms with van der Waals surface area (Å²) in [5.41, 5.74) is 0.532. The number of hydrogen-bond acceptors (Lipinski definition) is 7. The summed E-state index contributed by atoms with van der Waals surface area (Å²) in [6.45, 7) is 0.865. The van der Waals surface area contributed by atoms with Crippen molar-refractivity contribution in [2.75, 3.05) is 26.0 Å². The SMILES string of the molecule is CS(=O)(=O)c1cn[nH]c1C1COCCN1C(=O)c1cccnn1. The van der Waals surface area contributed by atoms with Crippen LogP contribution in [0.4, 0.5) is 0 Å². The van der Waals surface area contributed by atoms with Crippen molar-refractivity contribution in [1.82, 2.24) is 25.3 Å². The van der Waals surface area contributed by atoms with E-state index < -0.39 is 15.9 Å². The molecular formula is C13H15N5O4S. The number of morpholine rings is 1. The Balaban J connectivity index is 1.97. The Labute approximate surface area is 132 Å². The molecule has 9 nitrogen and oxygen atoms in total. The summed E-state index contributed by atoms with van der Waals surface area (Å²) in [5, 5.41) is 14.0. The normalized spacial score (nSPS) is 18.8. The number of aromatic amines is 1. The van der Waals surface area contributed by atoms with Crippen LogP contribution in [0.2, 0.25) is 0 Å². The van der Waals surface area contributed by atoms with Crippen molar-refractivity contribution >= 4 is 15.7 Å². The first-order valence-corrected chi connectivity index (χ1v) is 8.77. The summed E-state index contributed by atoms with van der Waals surface area (Å²) in [7, 11) is -3.47. The van der Waals surface area contributed by atoms with E-state index in [0.717, 1.165) is 6.26 Å². The van der Waals surface area contributed by atoms with E-state index in [1.807, 2.05) is 0 Å². The molecule has 1 aliphatic rings. The van der Waals surface area contributed by atoms with Gasteiger partial charge in [0, 0.05) is 19.0 Å². The number of carbonyl (C=O) groups excluding carboxylic acids is 1. The van der Waals surface area contributed by atoms with E-state index in [1.54, 1.807) is 12.1 Å². The number of rotatable bonds is 3. The molecule has 0 radical (unpaired) electrons. The van der Waals surface area contributed by atoms with E-state index in [-0.39, 0.29) is 23.1 Å². The molecule has 1 atom stereocenters. The first-order chi connectivity index (χ1) is 11.0. The van der Waals surface area contributed by atoms with Crippen LogP contribution in [0.3, 0.4) is 0 Å². The summed E-state index contributed by atoms with van der Waals surface area (Å²) in [6.07, 6.45) is 3.81. The van der Waals surface area contributed by atoms with Crippen LogP contribution in [0.1, 0.15) is 22.2 Å². The van der Waals surface area contributed by atoms with E-state index in [4.69, 9.17) is 4.74 Å². The third kappa shape index (κ3) is 3.08. The summed E-state index contributed by atoms with van der Waals surface area (Å²) in [6, 6.07) is 2.60. The van der Waals surface area contributed by atoms with Gasteiger partial charge in [-0.15, -0.1) is 5.10 Å². The van der Waals surface area contributed by atoms with Crippen molar-refractivity contribution in [1.29, 1.82) is 0 Å². The van der Waals surface area contributed by atoms with Crippen molar-refractivity contribution in [2.45, 2.75) is 10.9 Å². The summed E-state index contributed by atoms with van der Waals surface area (Å²) >= 11 is 0. The van der Waals surface area contributed by atoms with Gasteiger partial charge in [0.15, 0.2) is 15.5 Å². The minimum Gasteiger partial charge on any atom is -0.377 e. The smallest absolute Gasteiger partial charge is 0.275 e. The molecule has 0 bridgehead atoms. The second-order valence-corrected chi connectivity index (χ2v) is 7.10. The number of sulfone groups is 1. The molecule has 0 aliphatic carbocycles. The van der Waals surface area contributed by atoms with Gasteiger partial charge in [-0.05, 0) is 12.1 Å². The Bertz CT molecular complexity index is 805. The number of aromatic nitrogens is 4. The standard InChI is InChI=1S/C13H15N5O4S/c1-23(20,21)11-7-15-17-12(11)10-8-22-6-5-18(10)13(19)9-3-2-4-14-16-9/h2-4,7,10H,5-6,8H2,1H3,(H,15,17). The summed E-state index contributed by atoms with van der Waals surface area (Å²) in [5.74, 6) is -0.333. The van der Waals surface area contributed by atoms with Gasteiger partial charge in [0.2, 0.25) is 0 Å². The third-order valence-electron chi connectivity index (χ3n) is 3.55. The topological polar surface area (TPSA) is 118 Å². The number of carbonyl (C=O) groups is 1. The van der Waals surface area contributed by atoms with E-state index in [1.165, 1.54) is 17.3 Å². The number of ether oxygens (including phenoxy) is 1. The molecule has 23 heavy (non-hydrogen) atoms. The quantitative estimate of drug-likeness (QED) is 0.825. The highest BCUT2D eigenvalue weighted by atomic mass is 32.2. The summed E-state index contributed by atoms with van der Waals surface area (Å²) < 4.78 is 29.2. The molecule has 1 fully saturated rings. The number of hydrogen-bond donors (Lipinski definition) is 1. The first-order valence-electron chi connectivity index (χ1n) is 6.88. The van der Waals surface area contributed by atoms with Crippen LogP contribution in [0.15, 0.2) is 29.4 Å². The van der Waals surface area contributed by atoms with Crippen molar-refractivity contribution in [2.24, 2.45) is 0 Å². The molecule has 2 aromatic heterocycles. The monoisotopic (exact) mass is 337 g/mol. The Morgan fingerprint density at radius 2 is 2.30 bits per heavy atom. The zero-order valence-electron chi connectivity index (χ0n) is 12.3. The summed E-state index contributed by atoms with van der Waals surface area (Å²) in [4.78, 5) is 14.2. The van der Waals surface area contributed by atoms with Crippen molar-refractivity contribution in [3.8, 4) is 0 Å². The van der Waals surface area contributed by atoms with Crippen LogP contribution >= 0.6 is 0 Å². The molecule has 1 unspecified atom stereocenters. The fraction of sp³-hybridized carbons (Fsp3) is 0.385. The van der Waals surface area contributed by atoms with Gasteiger partial charge in [0.05, 0.1) is 31.1 Å². The van der Waals surface area contributed by atoms with E-state index in [9.17, 15) is 13.2 Å². The molecule has 122 valence electrons. The second kappa shape index (κ2) is 6.05. The molecule has 0 spiro atoms. The maximum absolute atomic E-state index is 12.7. The molecule has 2 aromatic rings. The molecule has 1 aliphatic heterocycles. The third-order valence-corrected chi connectivity index (χ3v) is 4.67. The Morgan fingerprint density at radius 3 is 3.00 bits per heavy atom. The minimum atomic E-state index is -3.47. The van der Waals surface area contributed by atoms with Gasteiger partial charge in [0.25, 0.3) is 5.91 Å². The van der Waals surface area contributed by atoms with Crippen molar-refractivity contribution in [3.63, 3.8) is 0 Å². The molecule has 1 saturated heterocycles. The van der Waals surface area contributed by atoms with Gasteiger partial charge in [0.1, 0.15) is 4.90 Å². The van der Waals surface area contributed by atoms with Crippen LogP contribution in [0, 0.1) is 0 Å². The highest BCUT2D eigenvalue weighted by Gasteiger charge is 2.34. The van der Waals surface area contributed by atoms with Crippen LogP contribution in [0.25, 0.3) is 0 Å². The maximum Gasteiger partial charge on any atom is 0.275 e. The average molecular weight is 337 g/mol. The van der Waals surface area contributed by atoms with Crippen LogP contribution in [0.5, 0.6) is 0 Å². The lowest BCUT2D eigenvalue weighted by Gasteiger charge is -2.35. The number of nitrogens with one attached hydrogen (secondary N) is 1. The Hall–Kier alpha value is -2.33. The van der Waals surface area contributed by atoms with Crippen molar-refractivity contribution in [3.05, 3.63) is 35.9 Å². The predicted molar refractivity (Wildman–Crippen MR) is 78.3 cm³/mol. The lowest BCUT2D eigenvalue weighted by Crippen LogP contribution is -2.44. The van der Waals surface area contributed by atoms with Crippen molar-refractivity contribution < 1.29 is 17.9 Å². The highest BCUT2D eigenvalue weighted by Crippen LogP contribution is 2.28.